The van der Waals surface area contributed by atoms with Gasteiger partial charge in [0.1, 0.15) is 5.82 Å². The van der Waals surface area contributed by atoms with Crippen LogP contribution in [0.5, 0.6) is 0 Å². The molecule has 2 rings (SSSR count). The lowest BCUT2D eigenvalue weighted by atomic mass is 9.92. The van der Waals surface area contributed by atoms with Crippen molar-refractivity contribution in [3.63, 3.8) is 0 Å². The van der Waals surface area contributed by atoms with Gasteiger partial charge in [0.2, 0.25) is 0 Å². The van der Waals surface area contributed by atoms with E-state index in [9.17, 15) is 5.11 Å². The quantitative estimate of drug-likeness (QED) is 0.829. The number of aliphatic hydroxyl groups excluding tert-OH is 1. The highest BCUT2D eigenvalue weighted by atomic mass is 16.3. The minimum absolute atomic E-state index is 0.655. The second-order valence-corrected chi connectivity index (χ2v) is 5.19. The molecule has 17 heavy (non-hydrogen) atoms. The Bertz CT molecular complexity index is 552. The molecule has 4 heteroatoms. The number of aliphatic hydroxyl groups is 1. The molecule has 1 aromatic heterocycles. The van der Waals surface area contributed by atoms with Crippen LogP contribution in [0.1, 0.15) is 31.3 Å². The van der Waals surface area contributed by atoms with Gasteiger partial charge in [-0.3, -0.25) is 0 Å². The normalized spacial score (nSPS) is 14.2. The maximum absolute atomic E-state index is 10.1. The van der Waals surface area contributed by atoms with Crippen molar-refractivity contribution in [2.75, 3.05) is 0 Å². The first-order chi connectivity index (χ1) is 7.80. The van der Waals surface area contributed by atoms with Gasteiger partial charge in [0, 0.05) is 12.6 Å². The van der Waals surface area contributed by atoms with Gasteiger partial charge in [-0.2, -0.15) is 0 Å². The predicted octanol–water partition coefficient (Wildman–Crippen LogP) is 1.65. The van der Waals surface area contributed by atoms with Crippen molar-refractivity contribution in [3.8, 4) is 0 Å². The lowest BCUT2D eigenvalue weighted by molar-refractivity contribution is 0.105. The molecule has 0 bridgehead atoms. The molecule has 0 aliphatic rings. The topological polar surface area (TPSA) is 64.1 Å². The lowest BCUT2D eigenvalue weighted by Gasteiger charge is -2.26. The molecule has 0 radical (unpaired) electrons. The van der Waals surface area contributed by atoms with Gasteiger partial charge in [0.25, 0.3) is 0 Å². The molecule has 4 nitrogen and oxygen atoms in total. The second-order valence-electron chi connectivity index (χ2n) is 5.19. The molecular weight excluding hydrogens is 214 g/mol. The summed E-state index contributed by atoms with van der Waals surface area (Å²) in [5.74, 6) is 0.957. The molecule has 1 atom stereocenters. The van der Waals surface area contributed by atoms with Gasteiger partial charge in [-0.05, 0) is 38.5 Å². The van der Waals surface area contributed by atoms with E-state index in [1.165, 1.54) is 0 Å². The molecule has 1 heterocycles. The number of imidazole rings is 1. The van der Waals surface area contributed by atoms with Crippen molar-refractivity contribution in [3.05, 3.63) is 29.6 Å². The highest BCUT2D eigenvalue weighted by Gasteiger charge is 2.24. The highest BCUT2D eigenvalue weighted by Crippen LogP contribution is 2.26. The summed E-state index contributed by atoms with van der Waals surface area (Å²) in [6.07, 6.45) is -0.686. The molecule has 1 unspecified atom stereocenters. The van der Waals surface area contributed by atoms with Crippen LogP contribution in [0, 0.1) is 6.92 Å². The maximum Gasteiger partial charge on any atom is 0.106 e. The zero-order chi connectivity index (χ0) is 12.8. The van der Waals surface area contributed by atoms with Gasteiger partial charge >= 0.3 is 0 Å². The van der Waals surface area contributed by atoms with Crippen LogP contribution in [0.15, 0.2) is 18.2 Å². The number of fused-ring (bicyclic) bond motifs is 1. The Labute approximate surface area is 101 Å². The van der Waals surface area contributed by atoms with Crippen LogP contribution in [-0.4, -0.2) is 20.2 Å². The number of hydrogen-bond donors (Lipinski definition) is 2. The zero-order valence-corrected chi connectivity index (χ0v) is 10.7. The van der Waals surface area contributed by atoms with E-state index in [-0.39, 0.29) is 0 Å². The number of nitrogens with two attached hydrogens (primary N) is 1. The average molecular weight is 233 g/mol. The molecule has 0 spiro atoms. The van der Waals surface area contributed by atoms with Crippen molar-refractivity contribution in [2.24, 2.45) is 12.8 Å². The van der Waals surface area contributed by atoms with E-state index in [0.29, 0.717) is 0 Å². The second kappa shape index (κ2) is 3.82. The first kappa shape index (κ1) is 12.1. The fraction of sp³-hybridized carbons (Fsp3) is 0.462. The van der Waals surface area contributed by atoms with Gasteiger partial charge in [0.15, 0.2) is 0 Å². The average Bonchev–Trinajstić information content (AvgIpc) is 2.52. The summed E-state index contributed by atoms with van der Waals surface area (Å²) in [5.41, 5.74) is 8.03. The van der Waals surface area contributed by atoms with Crippen molar-refractivity contribution in [1.82, 2.24) is 9.55 Å². The van der Waals surface area contributed by atoms with E-state index in [1.807, 2.05) is 50.6 Å². The Morgan fingerprint density at radius 3 is 2.65 bits per heavy atom. The third kappa shape index (κ3) is 2.06. The SMILES string of the molecule is Cc1nc2cc(C(O)C(C)(C)N)ccc2n1C. The Hall–Kier alpha value is -1.39. The summed E-state index contributed by atoms with van der Waals surface area (Å²) in [7, 11) is 1.98. The van der Waals surface area contributed by atoms with Gasteiger partial charge < -0.3 is 15.4 Å². The summed E-state index contributed by atoms with van der Waals surface area (Å²) < 4.78 is 2.03. The minimum atomic E-state index is -0.686. The van der Waals surface area contributed by atoms with E-state index in [0.717, 1.165) is 22.4 Å². The summed E-state index contributed by atoms with van der Waals surface area (Å²) in [5, 5.41) is 10.1. The Morgan fingerprint density at radius 2 is 2.06 bits per heavy atom. The predicted molar refractivity (Wildman–Crippen MR) is 68.7 cm³/mol. The zero-order valence-electron chi connectivity index (χ0n) is 10.7. The molecule has 3 N–H and O–H groups in total. The van der Waals surface area contributed by atoms with Crippen molar-refractivity contribution >= 4 is 11.0 Å². The van der Waals surface area contributed by atoms with E-state index in [4.69, 9.17) is 5.73 Å². The van der Waals surface area contributed by atoms with Crippen LogP contribution in [-0.2, 0) is 7.05 Å². The molecule has 0 aliphatic heterocycles. The molecule has 0 saturated heterocycles. The van der Waals surface area contributed by atoms with Gasteiger partial charge in [0.05, 0.1) is 17.1 Å². The van der Waals surface area contributed by atoms with Crippen LogP contribution in [0.4, 0.5) is 0 Å². The third-order valence-corrected chi connectivity index (χ3v) is 3.15. The van der Waals surface area contributed by atoms with Crippen molar-refractivity contribution < 1.29 is 5.11 Å². The van der Waals surface area contributed by atoms with Gasteiger partial charge in [-0.1, -0.05) is 6.07 Å². The lowest BCUT2D eigenvalue weighted by Crippen LogP contribution is -2.39. The monoisotopic (exact) mass is 233 g/mol. The van der Waals surface area contributed by atoms with E-state index in [2.05, 4.69) is 4.98 Å². The van der Waals surface area contributed by atoms with Crippen LogP contribution in [0.3, 0.4) is 0 Å². The molecule has 92 valence electrons. The van der Waals surface area contributed by atoms with Gasteiger partial charge in [-0.25, -0.2) is 4.98 Å². The van der Waals surface area contributed by atoms with Crippen LogP contribution in [0.2, 0.25) is 0 Å². The van der Waals surface area contributed by atoms with E-state index < -0.39 is 11.6 Å². The number of aryl methyl sites for hydroxylation is 2. The molecule has 2 aromatic rings. The smallest absolute Gasteiger partial charge is 0.106 e. The van der Waals surface area contributed by atoms with Crippen LogP contribution < -0.4 is 5.73 Å². The summed E-state index contributed by atoms with van der Waals surface area (Å²) in [6, 6.07) is 5.78. The first-order valence-corrected chi connectivity index (χ1v) is 5.70. The largest absolute Gasteiger partial charge is 0.387 e. The number of hydrogen-bond acceptors (Lipinski definition) is 3. The van der Waals surface area contributed by atoms with Crippen molar-refractivity contribution in [2.45, 2.75) is 32.4 Å². The van der Waals surface area contributed by atoms with Crippen LogP contribution >= 0.6 is 0 Å². The maximum atomic E-state index is 10.1. The van der Waals surface area contributed by atoms with E-state index in [1.54, 1.807) is 0 Å². The standard InChI is InChI=1S/C13H19N3O/c1-8-15-10-7-9(12(17)13(2,3)14)5-6-11(10)16(8)4/h5-7,12,17H,14H2,1-4H3. The number of nitrogens with zero attached hydrogens (tertiary/aromatic N) is 2. The Kier molecular flexibility index (Phi) is 2.72. The van der Waals surface area contributed by atoms with Crippen LogP contribution in [0.25, 0.3) is 11.0 Å². The summed E-state index contributed by atoms with van der Waals surface area (Å²) >= 11 is 0. The highest BCUT2D eigenvalue weighted by molar-refractivity contribution is 5.76. The fourth-order valence-corrected chi connectivity index (χ4v) is 1.94. The van der Waals surface area contributed by atoms with Crippen molar-refractivity contribution in [1.29, 1.82) is 0 Å². The van der Waals surface area contributed by atoms with Gasteiger partial charge in [-0.15, -0.1) is 0 Å². The third-order valence-electron chi connectivity index (χ3n) is 3.15. The number of benzene rings is 1. The molecule has 0 saturated carbocycles. The molecule has 0 fully saturated rings. The number of rotatable bonds is 2. The molecular formula is C13H19N3O. The molecule has 1 aromatic carbocycles. The minimum Gasteiger partial charge on any atom is -0.387 e. The molecule has 0 amide bonds. The summed E-state index contributed by atoms with van der Waals surface area (Å²) in [6.45, 7) is 5.58. The first-order valence-electron chi connectivity index (χ1n) is 5.70. The Balaban J connectivity index is 2.52. The Morgan fingerprint density at radius 1 is 1.41 bits per heavy atom. The summed E-state index contributed by atoms with van der Waals surface area (Å²) in [4.78, 5) is 4.45. The van der Waals surface area contributed by atoms with E-state index >= 15 is 0 Å². The number of aromatic nitrogens is 2. The fourth-order valence-electron chi connectivity index (χ4n) is 1.94. The molecule has 0 aliphatic carbocycles.